The second kappa shape index (κ2) is 8.81. The lowest BCUT2D eigenvalue weighted by Crippen LogP contribution is -2.22. The molecule has 0 aromatic heterocycles. The van der Waals surface area contributed by atoms with Gasteiger partial charge in [-0.1, -0.05) is 22.9 Å². The van der Waals surface area contributed by atoms with Crippen molar-refractivity contribution in [3.63, 3.8) is 0 Å². The van der Waals surface area contributed by atoms with Gasteiger partial charge < -0.3 is 19.9 Å². The fraction of sp³-hybridized carbons (Fsp3) is 0.500. The molecule has 20 heavy (non-hydrogen) atoms. The molecule has 0 heterocycles. The number of halogens is 1. The van der Waals surface area contributed by atoms with Crippen LogP contribution in [0.5, 0.6) is 11.5 Å². The molecule has 2 N–H and O–H groups in total. The maximum atomic E-state index is 10.5. The Hall–Kier alpha value is -1.27. The van der Waals surface area contributed by atoms with Crippen LogP contribution in [0.3, 0.4) is 0 Å². The normalized spacial score (nSPS) is 10.3. The SMILES string of the molecule is CCCOc1cc(Br)c(CNCC(=O)O)cc1OCC. The number of carboxylic acid groups (broad SMARTS) is 1. The highest BCUT2D eigenvalue weighted by molar-refractivity contribution is 9.10. The van der Waals surface area contributed by atoms with Gasteiger partial charge in [0.05, 0.1) is 19.8 Å². The molecule has 0 unspecified atom stereocenters. The van der Waals surface area contributed by atoms with E-state index >= 15 is 0 Å². The fourth-order valence-electron chi connectivity index (χ4n) is 1.61. The van der Waals surface area contributed by atoms with Crippen LogP contribution in [0.4, 0.5) is 0 Å². The minimum absolute atomic E-state index is 0.0789. The number of nitrogens with one attached hydrogen (secondary N) is 1. The number of benzene rings is 1. The van der Waals surface area contributed by atoms with Gasteiger partial charge in [-0.25, -0.2) is 0 Å². The Morgan fingerprint density at radius 1 is 1.30 bits per heavy atom. The lowest BCUT2D eigenvalue weighted by Gasteiger charge is -2.15. The average molecular weight is 346 g/mol. The van der Waals surface area contributed by atoms with Gasteiger partial charge in [-0.3, -0.25) is 4.79 Å². The van der Waals surface area contributed by atoms with Gasteiger partial charge in [0, 0.05) is 11.0 Å². The Kier molecular flexibility index (Phi) is 7.40. The van der Waals surface area contributed by atoms with E-state index in [4.69, 9.17) is 14.6 Å². The summed E-state index contributed by atoms with van der Waals surface area (Å²) in [5.74, 6) is 0.493. The monoisotopic (exact) mass is 345 g/mol. The van der Waals surface area contributed by atoms with Crippen molar-refractivity contribution in [3.05, 3.63) is 22.2 Å². The van der Waals surface area contributed by atoms with Crippen molar-refractivity contribution in [2.75, 3.05) is 19.8 Å². The Bertz CT molecular complexity index is 451. The molecule has 0 fully saturated rings. The van der Waals surface area contributed by atoms with Crippen LogP contribution in [-0.4, -0.2) is 30.8 Å². The molecule has 0 radical (unpaired) electrons. The molecule has 5 nitrogen and oxygen atoms in total. The number of ether oxygens (including phenoxy) is 2. The van der Waals surface area contributed by atoms with Crippen molar-refractivity contribution in [2.45, 2.75) is 26.8 Å². The number of carboxylic acids is 1. The molecule has 0 amide bonds. The van der Waals surface area contributed by atoms with Crippen LogP contribution in [0.25, 0.3) is 0 Å². The highest BCUT2D eigenvalue weighted by Gasteiger charge is 2.11. The van der Waals surface area contributed by atoms with E-state index in [1.165, 1.54) is 0 Å². The predicted molar refractivity (Wildman–Crippen MR) is 80.4 cm³/mol. The summed E-state index contributed by atoms with van der Waals surface area (Å²) < 4.78 is 12.1. The first-order valence-corrected chi connectivity index (χ1v) is 7.38. The van der Waals surface area contributed by atoms with Gasteiger partial charge in [0.2, 0.25) is 0 Å². The summed E-state index contributed by atoms with van der Waals surface area (Å²) in [7, 11) is 0. The van der Waals surface area contributed by atoms with Gasteiger partial charge in [-0.15, -0.1) is 0 Å². The van der Waals surface area contributed by atoms with E-state index in [2.05, 4.69) is 21.2 Å². The summed E-state index contributed by atoms with van der Waals surface area (Å²) in [6.45, 7) is 5.49. The third kappa shape index (κ3) is 5.38. The molecular formula is C14H20BrNO4. The standard InChI is InChI=1S/C14H20BrNO4/c1-3-5-20-13-7-11(15)10(6-12(13)19-4-2)8-16-9-14(17)18/h6-7,16H,3-5,8-9H2,1-2H3,(H,17,18). The second-order valence-electron chi connectivity index (χ2n) is 4.17. The van der Waals surface area contributed by atoms with E-state index in [1.807, 2.05) is 26.0 Å². The predicted octanol–water partition coefficient (Wildman–Crippen LogP) is 2.81. The molecule has 0 saturated heterocycles. The van der Waals surface area contributed by atoms with Gasteiger partial charge in [0.1, 0.15) is 0 Å². The summed E-state index contributed by atoms with van der Waals surface area (Å²) in [5.41, 5.74) is 0.929. The van der Waals surface area contributed by atoms with Crippen molar-refractivity contribution in [1.82, 2.24) is 5.32 Å². The molecule has 1 rings (SSSR count). The molecule has 0 spiro atoms. The highest BCUT2D eigenvalue weighted by atomic mass is 79.9. The Morgan fingerprint density at radius 3 is 2.60 bits per heavy atom. The van der Waals surface area contributed by atoms with Gasteiger partial charge in [0.15, 0.2) is 11.5 Å². The molecule has 0 bridgehead atoms. The van der Waals surface area contributed by atoms with E-state index in [0.29, 0.717) is 31.3 Å². The van der Waals surface area contributed by atoms with Crippen molar-refractivity contribution in [2.24, 2.45) is 0 Å². The summed E-state index contributed by atoms with van der Waals surface area (Å²) in [5, 5.41) is 11.5. The largest absolute Gasteiger partial charge is 0.490 e. The number of hydrogen-bond acceptors (Lipinski definition) is 4. The quantitative estimate of drug-likeness (QED) is 0.720. The van der Waals surface area contributed by atoms with Crippen molar-refractivity contribution in [1.29, 1.82) is 0 Å². The molecule has 6 heteroatoms. The highest BCUT2D eigenvalue weighted by Crippen LogP contribution is 2.34. The zero-order valence-electron chi connectivity index (χ0n) is 11.7. The van der Waals surface area contributed by atoms with Crippen LogP contribution in [0.15, 0.2) is 16.6 Å². The summed E-state index contributed by atoms with van der Waals surface area (Å²) >= 11 is 3.47. The maximum Gasteiger partial charge on any atom is 0.317 e. The van der Waals surface area contributed by atoms with E-state index < -0.39 is 5.97 Å². The average Bonchev–Trinajstić information content (AvgIpc) is 2.40. The van der Waals surface area contributed by atoms with Crippen LogP contribution in [0.2, 0.25) is 0 Å². The van der Waals surface area contributed by atoms with Gasteiger partial charge in [-0.2, -0.15) is 0 Å². The van der Waals surface area contributed by atoms with Crippen LogP contribution in [0, 0.1) is 0 Å². The number of rotatable bonds is 9. The number of carbonyl (C=O) groups is 1. The van der Waals surface area contributed by atoms with E-state index in [0.717, 1.165) is 16.5 Å². The maximum absolute atomic E-state index is 10.5. The van der Waals surface area contributed by atoms with Crippen molar-refractivity contribution >= 4 is 21.9 Å². The van der Waals surface area contributed by atoms with Gasteiger partial charge in [0.25, 0.3) is 0 Å². The van der Waals surface area contributed by atoms with Crippen LogP contribution in [0.1, 0.15) is 25.8 Å². The molecule has 1 aromatic rings. The number of hydrogen-bond donors (Lipinski definition) is 2. The first kappa shape index (κ1) is 16.8. The Labute approximate surface area is 127 Å². The molecule has 112 valence electrons. The van der Waals surface area contributed by atoms with E-state index in [1.54, 1.807) is 0 Å². The lowest BCUT2D eigenvalue weighted by molar-refractivity contribution is -0.135. The Balaban J connectivity index is 2.84. The zero-order chi connectivity index (χ0) is 15.0. The summed E-state index contributed by atoms with van der Waals surface area (Å²) in [6, 6.07) is 3.73. The van der Waals surface area contributed by atoms with Gasteiger partial charge in [-0.05, 0) is 31.0 Å². The molecule has 0 atom stereocenters. The molecule has 0 aliphatic heterocycles. The third-order valence-electron chi connectivity index (χ3n) is 2.47. The first-order chi connectivity index (χ1) is 9.58. The minimum Gasteiger partial charge on any atom is -0.490 e. The van der Waals surface area contributed by atoms with Crippen LogP contribution < -0.4 is 14.8 Å². The second-order valence-corrected chi connectivity index (χ2v) is 5.02. The minimum atomic E-state index is -0.881. The summed E-state index contributed by atoms with van der Waals surface area (Å²) in [4.78, 5) is 10.5. The van der Waals surface area contributed by atoms with Crippen molar-refractivity contribution < 1.29 is 19.4 Å². The smallest absolute Gasteiger partial charge is 0.317 e. The Morgan fingerprint density at radius 2 is 2.00 bits per heavy atom. The zero-order valence-corrected chi connectivity index (χ0v) is 13.3. The molecule has 0 aliphatic rings. The molecule has 0 saturated carbocycles. The molecule has 0 aliphatic carbocycles. The van der Waals surface area contributed by atoms with Gasteiger partial charge >= 0.3 is 5.97 Å². The fourth-order valence-corrected chi connectivity index (χ4v) is 2.07. The molecular weight excluding hydrogens is 326 g/mol. The third-order valence-corrected chi connectivity index (χ3v) is 3.20. The van der Waals surface area contributed by atoms with E-state index in [9.17, 15) is 4.79 Å². The summed E-state index contributed by atoms with van der Waals surface area (Å²) in [6.07, 6.45) is 0.922. The van der Waals surface area contributed by atoms with Crippen LogP contribution >= 0.6 is 15.9 Å². The topological polar surface area (TPSA) is 67.8 Å². The first-order valence-electron chi connectivity index (χ1n) is 6.59. The van der Waals surface area contributed by atoms with Crippen LogP contribution in [-0.2, 0) is 11.3 Å². The van der Waals surface area contributed by atoms with Crippen molar-refractivity contribution in [3.8, 4) is 11.5 Å². The number of aliphatic carboxylic acids is 1. The lowest BCUT2D eigenvalue weighted by atomic mass is 10.2. The molecule has 1 aromatic carbocycles. The van der Waals surface area contributed by atoms with E-state index in [-0.39, 0.29) is 6.54 Å².